The zero-order valence-electron chi connectivity index (χ0n) is 16.2. The Morgan fingerprint density at radius 3 is 2.41 bits per heavy atom. The lowest BCUT2D eigenvalue weighted by atomic mass is 10.0. The third-order valence-electron chi connectivity index (χ3n) is 5.17. The van der Waals surface area contributed by atoms with Gasteiger partial charge in [-0.2, -0.15) is 4.57 Å². The number of carbonyl (C=O) groups excluding carboxylic acids is 2. The van der Waals surface area contributed by atoms with Gasteiger partial charge in [0.15, 0.2) is 6.20 Å². The quantitative estimate of drug-likeness (QED) is 0.669. The van der Waals surface area contributed by atoms with Gasteiger partial charge in [0.25, 0.3) is 11.8 Å². The van der Waals surface area contributed by atoms with Gasteiger partial charge in [-0.15, -0.1) is 0 Å². The van der Waals surface area contributed by atoms with Crippen LogP contribution in [0.1, 0.15) is 22.9 Å². The summed E-state index contributed by atoms with van der Waals surface area (Å²) in [6.45, 7) is 4.08. The topological polar surface area (TPSA) is 53.3 Å². The summed E-state index contributed by atoms with van der Waals surface area (Å²) in [4.78, 5) is 28.1. The number of aryl methyl sites for hydroxylation is 2. The first-order valence-electron chi connectivity index (χ1n) is 9.39. The molecule has 0 unspecified atom stereocenters. The van der Waals surface area contributed by atoms with Gasteiger partial charge >= 0.3 is 0 Å². The number of nitrogens with one attached hydrogen (secondary N) is 1. The summed E-state index contributed by atoms with van der Waals surface area (Å²) in [5.74, 6) is -0.414. The Labute approximate surface area is 174 Å². The van der Waals surface area contributed by atoms with Gasteiger partial charge in [-0.3, -0.25) is 14.5 Å². The first kappa shape index (κ1) is 19.2. The minimum absolute atomic E-state index is 0.155. The maximum absolute atomic E-state index is 13.5. The molecule has 0 bridgehead atoms. The molecular formula is C23H21ClN3O2+. The van der Waals surface area contributed by atoms with Crippen molar-refractivity contribution in [1.29, 1.82) is 0 Å². The second-order valence-electron chi connectivity index (χ2n) is 7.15. The van der Waals surface area contributed by atoms with Crippen molar-refractivity contribution in [2.24, 2.45) is 0 Å². The van der Waals surface area contributed by atoms with E-state index in [4.69, 9.17) is 11.6 Å². The standard InChI is InChI=1S/C23H20ClN3O2/c1-15-6-5-7-16(2)21(15)25-23(29)22-19-8-3-4-13-26(19)14-20(28)27(22)18-11-9-17(24)10-12-18/h3-13,22H,14H2,1-2H3/p+1/t22-/m1/s1. The number of para-hydroxylation sites is 1. The number of hydrogen-bond donors (Lipinski definition) is 1. The average molecular weight is 407 g/mol. The van der Waals surface area contributed by atoms with E-state index in [9.17, 15) is 9.59 Å². The van der Waals surface area contributed by atoms with Crippen LogP contribution in [-0.2, 0) is 16.1 Å². The van der Waals surface area contributed by atoms with E-state index < -0.39 is 6.04 Å². The molecule has 1 aromatic heterocycles. The fourth-order valence-corrected chi connectivity index (χ4v) is 3.86. The molecular weight excluding hydrogens is 386 g/mol. The SMILES string of the molecule is Cc1cccc(C)c1NC(=O)[C@H]1c2cccc[n+]2CC(=O)N1c1ccc(Cl)cc1. The lowest BCUT2D eigenvalue weighted by Crippen LogP contribution is -2.58. The number of benzene rings is 2. The van der Waals surface area contributed by atoms with Crippen molar-refractivity contribution in [2.45, 2.75) is 26.4 Å². The molecule has 3 aromatic rings. The van der Waals surface area contributed by atoms with Gasteiger partial charge in [-0.05, 0) is 49.2 Å². The Bertz CT molecular complexity index is 1080. The molecule has 0 spiro atoms. The number of nitrogens with zero attached hydrogens (tertiary/aromatic N) is 2. The van der Waals surface area contributed by atoms with Crippen molar-refractivity contribution in [1.82, 2.24) is 0 Å². The van der Waals surface area contributed by atoms with Gasteiger partial charge in [-0.1, -0.05) is 35.9 Å². The maximum Gasteiger partial charge on any atom is 0.294 e. The molecule has 1 aliphatic heterocycles. The van der Waals surface area contributed by atoms with E-state index in [-0.39, 0.29) is 18.4 Å². The molecule has 0 radical (unpaired) electrons. The highest BCUT2D eigenvalue weighted by Crippen LogP contribution is 2.31. The van der Waals surface area contributed by atoms with Crippen LogP contribution >= 0.6 is 11.6 Å². The molecule has 4 rings (SSSR count). The van der Waals surface area contributed by atoms with Gasteiger partial charge in [0, 0.05) is 28.5 Å². The fraction of sp³-hybridized carbons (Fsp3) is 0.174. The van der Waals surface area contributed by atoms with E-state index in [0.717, 1.165) is 22.5 Å². The highest BCUT2D eigenvalue weighted by atomic mass is 35.5. The Hall–Kier alpha value is -3.18. The molecule has 29 heavy (non-hydrogen) atoms. The first-order valence-corrected chi connectivity index (χ1v) is 9.76. The molecule has 1 atom stereocenters. The van der Waals surface area contributed by atoms with Gasteiger partial charge in [0.05, 0.1) is 0 Å². The predicted molar refractivity (Wildman–Crippen MR) is 113 cm³/mol. The molecule has 146 valence electrons. The number of pyridine rings is 1. The largest absolute Gasteiger partial charge is 0.323 e. The van der Waals surface area contributed by atoms with E-state index in [1.807, 2.05) is 61.0 Å². The normalized spacial score (nSPS) is 15.8. The van der Waals surface area contributed by atoms with Crippen LogP contribution in [0, 0.1) is 13.8 Å². The minimum atomic E-state index is -0.794. The van der Waals surface area contributed by atoms with Gasteiger partial charge in [0.1, 0.15) is 0 Å². The number of amides is 2. The molecule has 2 aromatic carbocycles. The number of carbonyl (C=O) groups is 2. The lowest BCUT2D eigenvalue weighted by molar-refractivity contribution is -0.695. The molecule has 6 heteroatoms. The van der Waals surface area contributed by atoms with Crippen LogP contribution in [0.5, 0.6) is 0 Å². The smallest absolute Gasteiger partial charge is 0.294 e. The van der Waals surface area contributed by atoms with E-state index in [1.54, 1.807) is 29.2 Å². The summed E-state index contributed by atoms with van der Waals surface area (Å²) in [7, 11) is 0. The zero-order valence-corrected chi connectivity index (χ0v) is 17.0. The molecule has 2 heterocycles. The van der Waals surface area contributed by atoms with Gasteiger partial charge < -0.3 is 5.32 Å². The van der Waals surface area contributed by atoms with Crippen LogP contribution in [0.2, 0.25) is 5.02 Å². The summed E-state index contributed by atoms with van der Waals surface area (Å²) in [6.07, 6.45) is 1.83. The van der Waals surface area contributed by atoms with Crippen molar-refractivity contribution < 1.29 is 14.2 Å². The summed E-state index contributed by atoms with van der Waals surface area (Å²) in [5, 5.41) is 3.62. The number of halogens is 1. The Morgan fingerprint density at radius 1 is 1.03 bits per heavy atom. The molecule has 0 saturated carbocycles. The van der Waals surface area contributed by atoms with E-state index in [2.05, 4.69) is 5.32 Å². The minimum Gasteiger partial charge on any atom is -0.323 e. The zero-order chi connectivity index (χ0) is 20.5. The number of fused-ring (bicyclic) bond motifs is 1. The second kappa shape index (κ2) is 7.68. The first-order chi connectivity index (χ1) is 14.0. The summed E-state index contributed by atoms with van der Waals surface area (Å²) < 4.78 is 1.82. The van der Waals surface area contributed by atoms with Crippen LogP contribution in [-0.4, -0.2) is 11.8 Å². The van der Waals surface area contributed by atoms with E-state index in [1.165, 1.54) is 0 Å². The number of aromatic nitrogens is 1. The molecule has 1 N–H and O–H groups in total. The summed E-state index contributed by atoms with van der Waals surface area (Å²) in [5.41, 5.74) is 4.11. The monoisotopic (exact) mass is 406 g/mol. The molecule has 1 aliphatic rings. The van der Waals surface area contributed by atoms with Crippen molar-refractivity contribution in [3.63, 3.8) is 0 Å². The number of rotatable bonds is 3. The van der Waals surface area contributed by atoms with E-state index >= 15 is 0 Å². The lowest BCUT2D eigenvalue weighted by Gasteiger charge is -2.32. The van der Waals surface area contributed by atoms with Gasteiger partial charge in [-0.25, -0.2) is 0 Å². The predicted octanol–water partition coefficient (Wildman–Crippen LogP) is 3.97. The third-order valence-corrected chi connectivity index (χ3v) is 5.42. The summed E-state index contributed by atoms with van der Waals surface area (Å²) in [6, 6.07) is 17.6. The Balaban J connectivity index is 1.80. The van der Waals surface area contributed by atoms with Crippen LogP contribution in [0.4, 0.5) is 11.4 Å². The van der Waals surface area contributed by atoms with Crippen molar-refractivity contribution in [2.75, 3.05) is 10.2 Å². The van der Waals surface area contributed by atoms with Crippen molar-refractivity contribution >= 4 is 34.8 Å². The van der Waals surface area contributed by atoms with Crippen LogP contribution < -0.4 is 14.8 Å². The highest BCUT2D eigenvalue weighted by Gasteiger charge is 2.43. The van der Waals surface area contributed by atoms with Gasteiger partial charge in [0.2, 0.25) is 18.3 Å². The maximum atomic E-state index is 13.5. The van der Waals surface area contributed by atoms with Crippen molar-refractivity contribution in [3.8, 4) is 0 Å². The number of hydrogen-bond acceptors (Lipinski definition) is 2. The Morgan fingerprint density at radius 2 is 1.72 bits per heavy atom. The second-order valence-corrected chi connectivity index (χ2v) is 7.59. The highest BCUT2D eigenvalue weighted by molar-refractivity contribution is 6.30. The van der Waals surface area contributed by atoms with Crippen LogP contribution in [0.15, 0.2) is 66.9 Å². The number of anilines is 2. The third kappa shape index (κ3) is 3.61. The fourth-order valence-electron chi connectivity index (χ4n) is 3.73. The molecule has 0 aliphatic carbocycles. The van der Waals surface area contributed by atoms with E-state index in [0.29, 0.717) is 10.7 Å². The van der Waals surface area contributed by atoms with Crippen molar-refractivity contribution in [3.05, 3.63) is 88.7 Å². The van der Waals surface area contributed by atoms with Crippen LogP contribution in [0.25, 0.3) is 0 Å². The summed E-state index contributed by atoms with van der Waals surface area (Å²) >= 11 is 6.02. The molecule has 0 fully saturated rings. The molecule has 2 amide bonds. The Kier molecular flexibility index (Phi) is 5.07. The molecule has 5 nitrogen and oxygen atoms in total. The van der Waals surface area contributed by atoms with Crippen LogP contribution in [0.3, 0.4) is 0 Å². The molecule has 0 saturated heterocycles. The average Bonchev–Trinajstić information content (AvgIpc) is 2.70.